The first-order chi connectivity index (χ1) is 18.6. The van der Waals surface area contributed by atoms with Crippen molar-refractivity contribution < 1.29 is 32.6 Å². The van der Waals surface area contributed by atoms with Gasteiger partial charge < -0.3 is 19.9 Å². The number of methoxy groups -OCH3 is 1. The van der Waals surface area contributed by atoms with Crippen LogP contribution in [0.3, 0.4) is 0 Å². The van der Waals surface area contributed by atoms with Crippen molar-refractivity contribution in [2.75, 3.05) is 31.1 Å². The second-order valence-corrected chi connectivity index (χ2v) is 12.9. The fourth-order valence-corrected chi connectivity index (χ4v) is 8.42. The monoisotopic (exact) mass is 656 g/mol. The lowest BCUT2D eigenvalue weighted by Crippen LogP contribution is -2.46. The van der Waals surface area contributed by atoms with Gasteiger partial charge in [0.05, 0.1) is 27.9 Å². The number of benzene rings is 2. The van der Waals surface area contributed by atoms with Gasteiger partial charge in [0, 0.05) is 11.1 Å². The average molecular weight is 658 g/mol. The Bertz CT molecular complexity index is 1470. The van der Waals surface area contributed by atoms with E-state index in [2.05, 4.69) is 21.2 Å². The van der Waals surface area contributed by atoms with Gasteiger partial charge in [-0.3, -0.25) is 4.31 Å². The summed E-state index contributed by atoms with van der Waals surface area (Å²) in [7, 11) is -2.60. The standard InChI is InChI=1S/C26H26BrClN2O7S2/c1-36-26(33)25-23(37-14-21(31)32)22(27)24(38-25)17-5-3-7-20(13-17)30(19-8-10-29-11-9-19)39(34,35)15-16-4-2-6-18(28)12-16/h2-7,12-13,19,29H,8-11,14-15H2,1H3,(H,31,32). The highest BCUT2D eigenvalue weighted by Crippen LogP contribution is 2.46. The average Bonchev–Trinajstić information content (AvgIpc) is 3.23. The summed E-state index contributed by atoms with van der Waals surface area (Å²) < 4.78 is 39.9. The van der Waals surface area contributed by atoms with Gasteiger partial charge >= 0.3 is 11.9 Å². The Morgan fingerprint density at radius 1 is 1.18 bits per heavy atom. The van der Waals surface area contributed by atoms with E-state index in [4.69, 9.17) is 26.2 Å². The molecule has 2 aromatic carbocycles. The maximum absolute atomic E-state index is 13.9. The number of rotatable bonds is 10. The lowest BCUT2D eigenvalue weighted by atomic mass is 10.1. The Labute approximate surface area is 243 Å². The highest BCUT2D eigenvalue weighted by Gasteiger charge is 2.32. The molecule has 0 amide bonds. The molecule has 4 rings (SSSR count). The molecule has 208 valence electrons. The first-order valence-corrected chi connectivity index (χ1v) is 15.5. The number of anilines is 1. The van der Waals surface area contributed by atoms with Crippen LogP contribution in [0.25, 0.3) is 10.4 Å². The van der Waals surface area contributed by atoms with Crippen LogP contribution >= 0.6 is 38.9 Å². The molecule has 0 bridgehead atoms. The van der Waals surface area contributed by atoms with Crippen LogP contribution in [-0.4, -0.2) is 58.3 Å². The number of carboxylic acids is 1. The van der Waals surface area contributed by atoms with Crippen molar-refractivity contribution in [1.82, 2.24) is 5.32 Å². The van der Waals surface area contributed by atoms with Gasteiger partial charge in [-0.05, 0) is 77.3 Å². The fourth-order valence-electron chi connectivity index (χ4n) is 4.40. The summed E-state index contributed by atoms with van der Waals surface area (Å²) in [6, 6.07) is 13.6. The molecule has 0 aliphatic carbocycles. The van der Waals surface area contributed by atoms with Gasteiger partial charge in [0.15, 0.2) is 17.2 Å². The van der Waals surface area contributed by atoms with Gasteiger partial charge in [-0.1, -0.05) is 35.9 Å². The number of esters is 1. The summed E-state index contributed by atoms with van der Waals surface area (Å²) in [5.41, 5.74) is 1.69. The summed E-state index contributed by atoms with van der Waals surface area (Å²) in [6.45, 7) is 0.734. The Morgan fingerprint density at radius 2 is 1.90 bits per heavy atom. The zero-order chi connectivity index (χ0) is 28.2. The number of sulfonamides is 1. The minimum atomic E-state index is -3.82. The molecule has 1 aliphatic heterocycles. The van der Waals surface area contributed by atoms with Gasteiger partial charge in [0.1, 0.15) is 0 Å². The number of piperidine rings is 1. The van der Waals surface area contributed by atoms with Crippen LogP contribution in [0.1, 0.15) is 28.1 Å². The Morgan fingerprint density at radius 3 is 2.56 bits per heavy atom. The summed E-state index contributed by atoms with van der Waals surface area (Å²) in [5.74, 6) is -2.04. The molecule has 9 nitrogen and oxygen atoms in total. The van der Waals surface area contributed by atoms with E-state index in [9.17, 15) is 18.0 Å². The highest BCUT2D eigenvalue weighted by molar-refractivity contribution is 9.10. The number of carbonyl (C=O) groups is 2. The maximum Gasteiger partial charge on any atom is 0.351 e. The van der Waals surface area contributed by atoms with Gasteiger partial charge in [0.25, 0.3) is 0 Å². The zero-order valence-electron chi connectivity index (χ0n) is 20.9. The van der Waals surface area contributed by atoms with E-state index in [-0.39, 0.29) is 22.4 Å². The molecular weight excluding hydrogens is 632 g/mol. The summed E-state index contributed by atoms with van der Waals surface area (Å²) in [6.07, 6.45) is 1.28. The van der Waals surface area contributed by atoms with Crippen molar-refractivity contribution in [2.45, 2.75) is 24.6 Å². The largest absolute Gasteiger partial charge is 0.479 e. The first-order valence-electron chi connectivity index (χ1n) is 11.9. The molecule has 0 saturated carbocycles. The molecule has 2 heterocycles. The van der Waals surface area contributed by atoms with E-state index in [0.717, 1.165) is 11.3 Å². The van der Waals surface area contributed by atoms with Gasteiger partial charge in [-0.25, -0.2) is 18.0 Å². The molecule has 0 atom stereocenters. The molecular formula is C26H26BrClN2O7S2. The molecule has 1 aromatic heterocycles. The molecule has 0 unspecified atom stereocenters. The number of carbonyl (C=O) groups excluding carboxylic acids is 1. The SMILES string of the molecule is COC(=O)c1sc(-c2cccc(N(C3CCNCC3)S(=O)(=O)Cc3cccc(Cl)c3)c2)c(Br)c1OCC(=O)O. The number of nitrogens with one attached hydrogen (secondary N) is 1. The molecule has 1 saturated heterocycles. The third-order valence-corrected chi connectivity index (χ3v) is 10.3. The lowest BCUT2D eigenvalue weighted by molar-refractivity contribution is -0.139. The number of carboxylic acid groups (broad SMARTS) is 1. The van der Waals surface area contributed by atoms with Gasteiger partial charge in [-0.15, -0.1) is 11.3 Å². The van der Waals surface area contributed by atoms with Crippen LogP contribution in [0.2, 0.25) is 5.02 Å². The zero-order valence-corrected chi connectivity index (χ0v) is 24.8. The number of hydrogen-bond acceptors (Lipinski definition) is 8. The van der Waals surface area contributed by atoms with Crippen LogP contribution in [0.4, 0.5) is 5.69 Å². The van der Waals surface area contributed by atoms with E-state index in [1.165, 1.54) is 11.4 Å². The van der Waals surface area contributed by atoms with E-state index in [0.29, 0.717) is 57.1 Å². The topological polar surface area (TPSA) is 122 Å². The third-order valence-electron chi connectivity index (χ3n) is 6.06. The number of thiophene rings is 1. The van der Waals surface area contributed by atoms with E-state index in [1.807, 2.05) is 0 Å². The third kappa shape index (κ3) is 6.93. The summed E-state index contributed by atoms with van der Waals surface area (Å²) >= 11 is 10.6. The second-order valence-electron chi connectivity index (χ2n) is 8.79. The predicted octanol–water partition coefficient (Wildman–Crippen LogP) is 5.17. The summed E-state index contributed by atoms with van der Waals surface area (Å²) in [4.78, 5) is 24.2. The lowest BCUT2D eigenvalue weighted by Gasteiger charge is -2.35. The maximum atomic E-state index is 13.9. The molecule has 3 aromatic rings. The smallest absolute Gasteiger partial charge is 0.351 e. The number of aliphatic carboxylic acids is 1. The Kier molecular flexibility index (Phi) is 9.55. The normalized spacial score (nSPS) is 14.1. The van der Waals surface area contributed by atoms with E-state index in [1.54, 1.807) is 48.5 Å². The molecule has 0 radical (unpaired) electrons. The number of hydrogen-bond donors (Lipinski definition) is 2. The predicted molar refractivity (Wildman–Crippen MR) is 154 cm³/mol. The second kappa shape index (κ2) is 12.7. The Balaban J connectivity index is 1.77. The molecule has 1 fully saturated rings. The van der Waals surface area contributed by atoms with Crippen molar-refractivity contribution in [1.29, 1.82) is 0 Å². The minimum Gasteiger partial charge on any atom is -0.479 e. The summed E-state index contributed by atoms with van der Waals surface area (Å²) in [5, 5.41) is 12.8. The van der Waals surface area contributed by atoms with E-state index >= 15 is 0 Å². The van der Waals surface area contributed by atoms with Crippen molar-refractivity contribution in [3.8, 4) is 16.2 Å². The van der Waals surface area contributed by atoms with Crippen LogP contribution < -0.4 is 14.4 Å². The first kappa shape index (κ1) is 29.3. The van der Waals surface area contributed by atoms with Gasteiger partial charge in [0.2, 0.25) is 10.0 Å². The van der Waals surface area contributed by atoms with Crippen LogP contribution in [0.15, 0.2) is 53.0 Å². The molecule has 1 aliphatic rings. The fraction of sp³-hybridized carbons (Fsp3) is 0.308. The molecule has 0 spiro atoms. The number of ether oxygens (including phenoxy) is 2. The van der Waals surface area contributed by atoms with Crippen molar-refractivity contribution in [3.63, 3.8) is 0 Å². The van der Waals surface area contributed by atoms with Crippen LogP contribution in [-0.2, 0) is 25.3 Å². The van der Waals surface area contributed by atoms with Crippen LogP contribution in [0.5, 0.6) is 5.75 Å². The van der Waals surface area contributed by atoms with Crippen LogP contribution in [0, 0.1) is 0 Å². The van der Waals surface area contributed by atoms with E-state index < -0.39 is 28.6 Å². The minimum absolute atomic E-state index is 0.0541. The molecule has 2 N–H and O–H groups in total. The number of halogens is 2. The van der Waals surface area contributed by atoms with Crippen molar-refractivity contribution in [3.05, 3.63) is 68.5 Å². The molecule has 13 heteroatoms. The van der Waals surface area contributed by atoms with Gasteiger partial charge in [-0.2, -0.15) is 0 Å². The Hall–Kier alpha value is -2.64. The van der Waals surface area contributed by atoms with Crippen molar-refractivity contribution in [2.24, 2.45) is 0 Å². The number of nitrogens with zero attached hydrogens (tertiary/aromatic N) is 1. The van der Waals surface area contributed by atoms with Crippen molar-refractivity contribution >= 4 is 66.5 Å². The highest BCUT2D eigenvalue weighted by atomic mass is 79.9. The molecule has 39 heavy (non-hydrogen) atoms. The quantitative estimate of drug-likeness (QED) is 0.287.